The van der Waals surface area contributed by atoms with Crippen LogP contribution in [0.1, 0.15) is 12.8 Å². The van der Waals surface area contributed by atoms with Crippen LogP contribution in [-0.4, -0.2) is 28.5 Å². The quantitative estimate of drug-likeness (QED) is 0.839. The maximum atomic E-state index is 11.6. The van der Waals surface area contributed by atoms with E-state index in [4.69, 9.17) is 0 Å². The van der Waals surface area contributed by atoms with Crippen molar-refractivity contribution in [2.24, 2.45) is 0 Å². The molecule has 2 rings (SSSR count). The molecule has 0 saturated carbocycles. The summed E-state index contributed by atoms with van der Waals surface area (Å²) in [4.78, 5) is 19.6. The molecule has 1 aromatic heterocycles. The van der Waals surface area contributed by atoms with Gasteiger partial charge in [0.2, 0.25) is 5.91 Å². The van der Waals surface area contributed by atoms with E-state index in [1.165, 1.54) is 6.20 Å². The highest BCUT2D eigenvalue weighted by Gasteiger charge is 2.22. The molecule has 1 atom stereocenters. The number of carbonyl (C=O) groups is 1. The molecule has 0 spiro atoms. The van der Waals surface area contributed by atoms with Gasteiger partial charge < -0.3 is 10.6 Å². The molecule has 6 heteroatoms. The third kappa shape index (κ3) is 2.73. The van der Waals surface area contributed by atoms with Crippen molar-refractivity contribution >= 4 is 27.7 Å². The van der Waals surface area contributed by atoms with Crippen molar-refractivity contribution in [2.45, 2.75) is 18.9 Å². The summed E-state index contributed by atoms with van der Waals surface area (Å²) in [5.74, 6) is 0.445. The van der Waals surface area contributed by atoms with Crippen LogP contribution in [0.2, 0.25) is 0 Å². The Morgan fingerprint density at radius 2 is 2.40 bits per heavy atom. The lowest BCUT2D eigenvalue weighted by atomic mass is 10.2. The molecular formula is C9H11BrN4O. The smallest absolute Gasteiger partial charge is 0.242 e. The van der Waals surface area contributed by atoms with Gasteiger partial charge in [0.15, 0.2) is 5.82 Å². The van der Waals surface area contributed by atoms with Gasteiger partial charge in [0.1, 0.15) is 4.60 Å². The number of hydrogen-bond donors (Lipinski definition) is 2. The first-order chi connectivity index (χ1) is 7.25. The SMILES string of the molecule is O=C(Nc1cnc(Br)cn1)[C@H]1CCCN1. The number of amides is 1. The molecule has 1 aliphatic rings. The molecule has 1 aliphatic heterocycles. The molecule has 5 nitrogen and oxygen atoms in total. The van der Waals surface area contributed by atoms with Crippen LogP contribution in [0, 0.1) is 0 Å². The van der Waals surface area contributed by atoms with Crippen molar-refractivity contribution in [1.82, 2.24) is 15.3 Å². The minimum Gasteiger partial charge on any atom is -0.308 e. The van der Waals surface area contributed by atoms with Crippen molar-refractivity contribution in [2.75, 3.05) is 11.9 Å². The Labute approximate surface area is 95.8 Å². The van der Waals surface area contributed by atoms with Gasteiger partial charge in [-0.3, -0.25) is 4.79 Å². The predicted octanol–water partition coefficient (Wildman–Crippen LogP) is 0.930. The minimum atomic E-state index is -0.0875. The second kappa shape index (κ2) is 4.67. The van der Waals surface area contributed by atoms with E-state index in [1.54, 1.807) is 6.20 Å². The molecule has 2 heterocycles. The summed E-state index contributed by atoms with van der Waals surface area (Å²) in [5.41, 5.74) is 0. The number of hydrogen-bond acceptors (Lipinski definition) is 4. The Hall–Kier alpha value is -1.01. The van der Waals surface area contributed by atoms with Crippen molar-refractivity contribution in [1.29, 1.82) is 0 Å². The highest BCUT2D eigenvalue weighted by Crippen LogP contribution is 2.09. The highest BCUT2D eigenvalue weighted by atomic mass is 79.9. The fraction of sp³-hybridized carbons (Fsp3) is 0.444. The largest absolute Gasteiger partial charge is 0.308 e. The van der Waals surface area contributed by atoms with Crippen LogP contribution < -0.4 is 10.6 Å². The number of nitrogens with one attached hydrogen (secondary N) is 2. The standard InChI is InChI=1S/C9H11BrN4O/c10-7-4-13-8(5-12-7)14-9(15)6-2-1-3-11-6/h4-6,11H,1-3H2,(H,13,14,15)/t6-/m1/s1. The summed E-state index contributed by atoms with van der Waals surface area (Å²) in [6.45, 7) is 0.907. The fourth-order valence-electron chi connectivity index (χ4n) is 1.50. The first-order valence-corrected chi connectivity index (χ1v) is 5.57. The third-order valence-electron chi connectivity index (χ3n) is 2.25. The van der Waals surface area contributed by atoms with E-state index in [0.717, 1.165) is 19.4 Å². The molecule has 0 bridgehead atoms. The van der Waals surface area contributed by atoms with Gasteiger partial charge in [-0.2, -0.15) is 0 Å². The molecule has 1 aromatic rings. The zero-order chi connectivity index (χ0) is 10.7. The molecule has 1 fully saturated rings. The predicted molar refractivity (Wildman–Crippen MR) is 59.4 cm³/mol. The van der Waals surface area contributed by atoms with Crippen molar-refractivity contribution in [3.63, 3.8) is 0 Å². The van der Waals surface area contributed by atoms with E-state index in [1.807, 2.05) is 0 Å². The number of anilines is 1. The summed E-state index contributed by atoms with van der Waals surface area (Å²) in [5, 5.41) is 5.83. The van der Waals surface area contributed by atoms with Gasteiger partial charge in [0.05, 0.1) is 18.4 Å². The molecular weight excluding hydrogens is 260 g/mol. The molecule has 0 unspecified atom stereocenters. The van der Waals surface area contributed by atoms with Crippen LogP contribution >= 0.6 is 15.9 Å². The van der Waals surface area contributed by atoms with Crippen LogP contribution in [0.4, 0.5) is 5.82 Å². The summed E-state index contributed by atoms with van der Waals surface area (Å²) < 4.78 is 0.652. The maximum absolute atomic E-state index is 11.6. The van der Waals surface area contributed by atoms with E-state index in [9.17, 15) is 4.79 Å². The zero-order valence-corrected chi connectivity index (χ0v) is 9.62. The molecule has 15 heavy (non-hydrogen) atoms. The van der Waals surface area contributed by atoms with Crippen LogP contribution in [-0.2, 0) is 4.79 Å². The Morgan fingerprint density at radius 3 is 3.00 bits per heavy atom. The summed E-state index contributed by atoms with van der Waals surface area (Å²) in [6.07, 6.45) is 5.01. The van der Waals surface area contributed by atoms with Crippen LogP contribution in [0.15, 0.2) is 17.0 Å². The second-order valence-corrected chi connectivity index (χ2v) is 4.18. The van der Waals surface area contributed by atoms with Gasteiger partial charge in [0.25, 0.3) is 0 Å². The number of nitrogens with zero attached hydrogens (tertiary/aromatic N) is 2. The van der Waals surface area contributed by atoms with E-state index in [2.05, 4.69) is 36.5 Å². The minimum absolute atomic E-state index is 0.0378. The first-order valence-electron chi connectivity index (χ1n) is 4.77. The Kier molecular flexibility index (Phi) is 3.27. The van der Waals surface area contributed by atoms with Gasteiger partial charge >= 0.3 is 0 Å². The third-order valence-corrected chi connectivity index (χ3v) is 2.66. The Bertz CT molecular complexity index is 348. The highest BCUT2D eigenvalue weighted by molar-refractivity contribution is 9.10. The van der Waals surface area contributed by atoms with Gasteiger partial charge in [0, 0.05) is 0 Å². The molecule has 80 valence electrons. The molecule has 1 saturated heterocycles. The normalized spacial score (nSPS) is 20.2. The first kappa shape index (κ1) is 10.5. The lowest BCUT2D eigenvalue weighted by Gasteiger charge is -2.09. The average Bonchev–Trinajstić information content (AvgIpc) is 2.74. The van der Waals surface area contributed by atoms with E-state index in [0.29, 0.717) is 10.4 Å². The van der Waals surface area contributed by atoms with Crippen LogP contribution in [0.5, 0.6) is 0 Å². The number of halogens is 1. The Balaban J connectivity index is 1.96. The van der Waals surface area contributed by atoms with Gasteiger partial charge in [-0.05, 0) is 35.3 Å². The van der Waals surface area contributed by atoms with Gasteiger partial charge in [-0.15, -0.1) is 0 Å². The molecule has 0 aromatic carbocycles. The van der Waals surface area contributed by atoms with Gasteiger partial charge in [-0.1, -0.05) is 0 Å². The monoisotopic (exact) mass is 270 g/mol. The molecule has 1 amide bonds. The average molecular weight is 271 g/mol. The van der Waals surface area contributed by atoms with Gasteiger partial charge in [-0.25, -0.2) is 9.97 Å². The van der Waals surface area contributed by atoms with E-state index >= 15 is 0 Å². The van der Waals surface area contributed by atoms with Crippen molar-refractivity contribution in [3.8, 4) is 0 Å². The Morgan fingerprint density at radius 1 is 1.53 bits per heavy atom. The fourth-order valence-corrected chi connectivity index (χ4v) is 1.70. The summed E-state index contributed by atoms with van der Waals surface area (Å²) >= 11 is 3.18. The van der Waals surface area contributed by atoms with Crippen molar-refractivity contribution < 1.29 is 4.79 Å². The van der Waals surface area contributed by atoms with Crippen molar-refractivity contribution in [3.05, 3.63) is 17.0 Å². The zero-order valence-electron chi connectivity index (χ0n) is 8.03. The summed E-state index contributed by atoms with van der Waals surface area (Å²) in [6, 6.07) is -0.0875. The lowest BCUT2D eigenvalue weighted by Crippen LogP contribution is -2.35. The molecule has 2 N–H and O–H groups in total. The topological polar surface area (TPSA) is 66.9 Å². The van der Waals surface area contributed by atoms with E-state index in [-0.39, 0.29) is 11.9 Å². The molecule has 0 radical (unpaired) electrons. The lowest BCUT2D eigenvalue weighted by molar-refractivity contribution is -0.117. The van der Waals surface area contributed by atoms with Crippen LogP contribution in [0.25, 0.3) is 0 Å². The van der Waals surface area contributed by atoms with E-state index < -0.39 is 0 Å². The number of aromatic nitrogens is 2. The van der Waals surface area contributed by atoms with Crippen LogP contribution in [0.3, 0.4) is 0 Å². The second-order valence-electron chi connectivity index (χ2n) is 3.36. The maximum Gasteiger partial charge on any atom is 0.242 e. The number of carbonyl (C=O) groups excluding carboxylic acids is 1. The molecule has 0 aliphatic carbocycles. The summed E-state index contributed by atoms with van der Waals surface area (Å²) in [7, 11) is 0. The number of rotatable bonds is 2.